The number of anilines is 1. The Morgan fingerprint density at radius 1 is 1.16 bits per heavy atom. The molecule has 2 aromatic carbocycles. The van der Waals surface area contributed by atoms with Crippen LogP contribution in [0.15, 0.2) is 57.4 Å². The number of ether oxygens (including phenoxy) is 1. The van der Waals surface area contributed by atoms with Crippen molar-refractivity contribution in [2.75, 3.05) is 40.2 Å². The topological polar surface area (TPSA) is 180 Å². The molecule has 1 aromatic heterocycles. The number of aliphatic hydroxyl groups excluding tert-OH is 2. The van der Waals surface area contributed by atoms with Crippen molar-refractivity contribution in [3.63, 3.8) is 0 Å². The summed E-state index contributed by atoms with van der Waals surface area (Å²) in [6.45, 7) is 0. The van der Waals surface area contributed by atoms with Gasteiger partial charge in [0.1, 0.15) is 28.4 Å². The molecular weight excluding hydrogens is 580 g/mol. The van der Waals surface area contributed by atoms with Gasteiger partial charge < -0.3 is 35.1 Å². The summed E-state index contributed by atoms with van der Waals surface area (Å²) in [5.74, 6) is -5.28. The molecule has 3 aromatic rings. The van der Waals surface area contributed by atoms with Gasteiger partial charge in [-0.1, -0.05) is 12.1 Å². The van der Waals surface area contributed by atoms with E-state index >= 15 is 0 Å². The number of oxazole rings is 1. The summed E-state index contributed by atoms with van der Waals surface area (Å²) in [6.07, 6.45) is 3.80. The number of benzene rings is 2. The molecule has 45 heavy (non-hydrogen) atoms. The lowest BCUT2D eigenvalue weighted by Gasteiger charge is -2.50. The Morgan fingerprint density at radius 2 is 1.89 bits per heavy atom. The van der Waals surface area contributed by atoms with Crippen molar-refractivity contribution in [2.45, 2.75) is 24.5 Å². The first-order valence-electron chi connectivity index (χ1n) is 14.4. The highest BCUT2D eigenvalue weighted by molar-refractivity contribution is 6.25. The molecule has 0 unspecified atom stereocenters. The number of allylic oxidation sites excluding steroid dienone is 1. The Bertz CT molecular complexity index is 1880. The van der Waals surface area contributed by atoms with Crippen LogP contribution >= 0.6 is 0 Å². The second kappa shape index (κ2) is 10.6. The van der Waals surface area contributed by atoms with E-state index in [1.165, 1.54) is 0 Å². The Balaban J connectivity index is 1.51. The van der Waals surface area contributed by atoms with Crippen molar-refractivity contribution < 1.29 is 38.9 Å². The number of nitrogens with zero attached hydrogens (tertiary/aromatic N) is 3. The minimum absolute atomic E-state index is 0.0571. The normalized spacial score (nSPS) is 24.7. The van der Waals surface area contributed by atoms with E-state index in [0.717, 1.165) is 11.3 Å². The van der Waals surface area contributed by atoms with Crippen LogP contribution in [0.5, 0.6) is 5.75 Å². The number of carbonyl (C=O) groups is 3. The molecule has 3 aliphatic carbocycles. The van der Waals surface area contributed by atoms with Crippen LogP contribution in [-0.2, 0) is 16.0 Å². The Hall–Kier alpha value is -4.94. The second-order valence-corrected chi connectivity index (χ2v) is 12.1. The number of hydrogen-bond acceptors (Lipinski definition) is 11. The summed E-state index contributed by atoms with van der Waals surface area (Å²) in [5.41, 5.74) is 4.86. The van der Waals surface area contributed by atoms with Crippen molar-refractivity contribution in [2.24, 2.45) is 17.6 Å². The van der Waals surface area contributed by atoms with Gasteiger partial charge in [-0.15, -0.1) is 0 Å². The Labute approximate surface area is 258 Å². The molecule has 4 atom stereocenters. The molecule has 0 bridgehead atoms. The molecule has 0 saturated heterocycles. The number of primary amides is 1. The average Bonchev–Trinajstić information content (AvgIpc) is 3.40. The number of aliphatic hydroxyl groups is 3. The molecule has 0 fully saturated rings. The third kappa shape index (κ3) is 4.43. The van der Waals surface area contributed by atoms with Crippen LogP contribution < -0.4 is 15.4 Å². The third-order valence-electron chi connectivity index (χ3n) is 9.09. The lowest BCUT2D eigenvalue weighted by Crippen LogP contribution is -2.63. The van der Waals surface area contributed by atoms with Gasteiger partial charge in [0.25, 0.3) is 5.91 Å². The van der Waals surface area contributed by atoms with Crippen LogP contribution in [0.2, 0.25) is 0 Å². The van der Waals surface area contributed by atoms with Crippen molar-refractivity contribution in [1.29, 1.82) is 0 Å². The number of Topliss-reactive ketones (excluding diaryl/α,β-unsaturated/α-hetero) is 2. The first-order chi connectivity index (χ1) is 21.3. The van der Waals surface area contributed by atoms with E-state index in [1.807, 2.05) is 49.3 Å². The van der Waals surface area contributed by atoms with Crippen LogP contribution in [0, 0.1) is 11.8 Å². The van der Waals surface area contributed by atoms with Gasteiger partial charge in [0, 0.05) is 37.3 Å². The maximum Gasteiger partial charge on any atom is 0.255 e. The summed E-state index contributed by atoms with van der Waals surface area (Å²) in [6, 6.07) is 8.22. The minimum atomic E-state index is -2.66. The predicted octanol–water partition coefficient (Wildman–Crippen LogP) is 2.80. The zero-order valence-electron chi connectivity index (χ0n) is 25.5. The van der Waals surface area contributed by atoms with E-state index in [2.05, 4.69) is 4.98 Å². The standard InChI is InChI=1S/C33H34N4O8/c1-36(2)21-14-20-29(45-22(35-20)10-9-15-7-6-8-17(11-15)44-5)24-18(21)12-16-13-19-26(37(3)4)28(39)25(32(34)42)31(41)33(19,43)30(40)23(16)27(24)38/h6-11,14,16,19,26,39-40,43H,12-13H2,1-5H3,(H2,34,42)/b10-9+/t16-,19-,26-,33-/m0/s1. The number of ketones is 2. The first-order valence-corrected chi connectivity index (χ1v) is 14.4. The fourth-order valence-corrected chi connectivity index (χ4v) is 7.09. The number of likely N-dealkylation sites (N-methyl/N-ethyl adjacent to an activating group) is 1. The largest absolute Gasteiger partial charge is 0.510 e. The molecule has 234 valence electrons. The third-order valence-corrected chi connectivity index (χ3v) is 9.09. The van der Waals surface area contributed by atoms with E-state index in [-0.39, 0.29) is 35.5 Å². The molecule has 0 radical (unpaired) electrons. The molecule has 1 amide bonds. The number of fused-ring (bicyclic) bond motifs is 5. The smallest absolute Gasteiger partial charge is 0.255 e. The van der Waals surface area contributed by atoms with E-state index < -0.39 is 58.0 Å². The summed E-state index contributed by atoms with van der Waals surface area (Å²) < 4.78 is 11.4. The molecular formula is C33H34N4O8. The number of methoxy groups -OCH3 is 1. The highest BCUT2D eigenvalue weighted by Crippen LogP contribution is 2.53. The number of nitrogens with two attached hydrogens (primary N) is 1. The van der Waals surface area contributed by atoms with E-state index in [0.29, 0.717) is 16.8 Å². The first kappa shape index (κ1) is 30.1. The highest BCUT2D eigenvalue weighted by Gasteiger charge is 2.63. The van der Waals surface area contributed by atoms with Crippen LogP contribution in [0.25, 0.3) is 23.3 Å². The van der Waals surface area contributed by atoms with Crippen LogP contribution in [0.3, 0.4) is 0 Å². The number of carbonyl (C=O) groups excluding carboxylic acids is 3. The van der Waals surface area contributed by atoms with E-state index in [1.54, 1.807) is 38.3 Å². The zero-order valence-corrected chi connectivity index (χ0v) is 25.5. The van der Waals surface area contributed by atoms with Gasteiger partial charge in [0.15, 0.2) is 17.0 Å². The number of aromatic nitrogens is 1. The van der Waals surface area contributed by atoms with Crippen molar-refractivity contribution in [3.8, 4) is 5.75 Å². The van der Waals surface area contributed by atoms with Gasteiger partial charge in [-0.3, -0.25) is 19.3 Å². The van der Waals surface area contributed by atoms with E-state index in [4.69, 9.17) is 14.9 Å². The molecule has 12 heteroatoms. The molecule has 6 rings (SSSR count). The summed E-state index contributed by atoms with van der Waals surface area (Å²) in [4.78, 5) is 48.2. The SMILES string of the molecule is COc1cccc(/C=C/c2nc3cc(N(C)C)c4c(c3o2)C(=O)C2=C(O)[C@]3(O)C(=O)C(C(N)=O)=C(O)[C@@H](N(C)C)[C@@H]3C[C@@H]2C4)c1. The highest BCUT2D eigenvalue weighted by atomic mass is 16.5. The van der Waals surface area contributed by atoms with Gasteiger partial charge >= 0.3 is 0 Å². The van der Waals surface area contributed by atoms with Crippen LogP contribution in [0.4, 0.5) is 5.69 Å². The predicted molar refractivity (Wildman–Crippen MR) is 166 cm³/mol. The van der Waals surface area contributed by atoms with E-state index in [9.17, 15) is 29.7 Å². The maximum absolute atomic E-state index is 14.4. The summed E-state index contributed by atoms with van der Waals surface area (Å²) >= 11 is 0. The number of hydrogen-bond donors (Lipinski definition) is 4. The average molecular weight is 615 g/mol. The molecule has 0 spiro atoms. The lowest BCUT2D eigenvalue weighted by molar-refractivity contribution is -0.148. The second-order valence-electron chi connectivity index (χ2n) is 12.1. The fourth-order valence-electron chi connectivity index (χ4n) is 7.09. The lowest BCUT2D eigenvalue weighted by atomic mass is 9.58. The number of amides is 1. The zero-order chi connectivity index (χ0) is 32.5. The van der Waals surface area contributed by atoms with Gasteiger partial charge in [-0.25, -0.2) is 4.98 Å². The van der Waals surface area contributed by atoms with Gasteiger partial charge in [-0.2, -0.15) is 0 Å². The number of rotatable bonds is 6. The molecule has 12 nitrogen and oxygen atoms in total. The van der Waals surface area contributed by atoms with Gasteiger partial charge in [0.05, 0.1) is 18.7 Å². The maximum atomic E-state index is 14.4. The Kier molecular flexibility index (Phi) is 7.09. The molecule has 3 aliphatic rings. The van der Waals surface area contributed by atoms with Crippen LogP contribution in [-0.4, -0.2) is 89.6 Å². The van der Waals surface area contributed by atoms with Gasteiger partial charge in [0.2, 0.25) is 11.7 Å². The molecule has 5 N–H and O–H groups in total. The summed E-state index contributed by atoms with van der Waals surface area (Å²) in [7, 11) is 8.48. The molecule has 1 heterocycles. The molecule has 0 saturated carbocycles. The monoisotopic (exact) mass is 614 g/mol. The minimum Gasteiger partial charge on any atom is -0.510 e. The Morgan fingerprint density at radius 3 is 2.53 bits per heavy atom. The molecule has 0 aliphatic heterocycles. The quantitative estimate of drug-likeness (QED) is 0.300. The van der Waals surface area contributed by atoms with Gasteiger partial charge in [-0.05, 0) is 68.3 Å². The van der Waals surface area contributed by atoms with Crippen LogP contribution in [0.1, 0.15) is 33.8 Å². The van der Waals surface area contributed by atoms with Crippen molar-refractivity contribution >= 4 is 46.4 Å². The fraction of sp³-hybridized carbons (Fsp3) is 0.333. The van der Waals surface area contributed by atoms with Crippen molar-refractivity contribution in [1.82, 2.24) is 9.88 Å². The van der Waals surface area contributed by atoms with Crippen molar-refractivity contribution in [3.05, 3.63) is 75.6 Å². The summed E-state index contributed by atoms with van der Waals surface area (Å²) in [5, 5.41) is 34.5.